The summed E-state index contributed by atoms with van der Waals surface area (Å²) in [6.07, 6.45) is 2.37. The molecule has 0 aliphatic carbocycles. The molecule has 2 N–H and O–H groups in total. The van der Waals surface area contributed by atoms with Gasteiger partial charge < -0.3 is 10.3 Å². The van der Waals surface area contributed by atoms with E-state index in [4.69, 9.17) is 5.73 Å². The summed E-state index contributed by atoms with van der Waals surface area (Å²) in [5.74, 6) is 0.277. The molecule has 0 aliphatic heterocycles. The highest BCUT2D eigenvalue weighted by molar-refractivity contribution is 7.90. The first kappa shape index (κ1) is 15.9. The zero-order valence-electron chi connectivity index (χ0n) is 12.2. The lowest BCUT2D eigenvalue weighted by Gasteiger charge is -2.13. The largest absolute Gasteiger partial charge is 0.327 e. The Hall–Kier alpha value is -1.47. The van der Waals surface area contributed by atoms with Crippen LogP contribution >= 0.6 is 0 Å². The summed E-state index contributed by atoms with van der Waals surface area (Å²) in [7, 11) is -3.07. The number of nitrogens with zero attached hydrogens (tertiary/aromatic N) is 2. The number of imidazole rings is 1. The molecule has 116 valence electrons. The van der Waals surface area contributed by atoms with Crippen LogP contribution in [-0.4, -0.2) is 30.0 Å². The van der Waals surface area contributed by atoms with Crippen LogP contribution in [0.25, 0.3) is 11.0 Å². The SMILES string of the molecule is CCCn1c(C(N)CCS(C)(=O)=O)nc2cc(F)ccc21. The van der Waals surface area contributed by atoms with Crippen LogP contribution in [0.2, 0.25) is 0 Å². The molecule has 1 unspecified atom stereocenters. The van der Waals surface area contributed by atoms with Crippen molar-refractivity contribution in [2.75, 3.05) is 12.0 Å². The second-order valence-corrected chi connectivity index (χ2v) is 7.54. The number of halogens is 1. The number of hydrogen-bond donors (Lipinski definition) is 1. The Labute approximate surface area is 123 Å². The van der Waals surface area contributed by atoms with E-state index in [0.29, 0.717) is 24.3 Å². The first-order valence-electron chi connectivity index (χ1n) is 6.91. The van der Waals surface area contributed by atoms with Gasteiger partial charge in [-0.2, -0.15) is 0 Å². The highest BCUT2D eigenvalue weighted by Crippen LogP contribution is 2.23. The van der Waals surface area contributed by atoms with E-state index >= 15 is 0 Å². The normalized spacial score (nSPS) is 13.7. The van der Waals surface area contributed by atoms with Crippen molar-refractivity contribution in [2.45, 2.75) is 32.4 Å². The van der Waals surface area contributed by atoms with Crippen LogP contribution in [0.3, 0.4) is 0 Å². The maximum Gasteiger partial charge on any atom is 0.147 e. The fourth-order valence-corrected chi connectivity index (χ4v) is 3.02. The molecule has 0 saturated heterocycles. The van der Waals surface area contributed by atoms with Crippen molar-refractivity contribution in [1.29, 1.82) is 0 Å². The maximum absolute atomic E-state index is 13.3. The third kappa shape index (κ3) is 3.79. The lowest BCUT2D eigenvalue weighted by Crippen LogP contribution is -2.20. The van der Waals surface area contributed by atoms with Gasteiger partial charge in [-0.15, -0.1) is 0 Å². The highest BCUT2D eigenvalue weighted by atomic mass is 32.2. The fraction of sp³-hybridized carbons (Fsp3) is 0.500. The van der Waals surface area contributed by atoms with E-state index in [9.17, 15) is 12.8 Å². The summed E-state index contributed by atoms with van der Waals surface area (Å²) in [6, 6.07) is 3.96. The second-order valence-electron chi connectivity index (χ2n) is 5.28. The van der Waals surface area contributed by atoms with Crippen LogP contribution in [0.5, 0.6) is 0 Å². The number of nitrogens with two attached hydrogens (primary N) is 1. The first-order chi connectivity index (χ1) is 9.81. The molecule has 0 aliphatic rings. The monoisotopic (exact) mass is 313 g/mol. The number of aromatic nitrogens is 2. The van der Waals surface area contributed by atoms with Crippen molar-refractivity contribution in [3.63, 3.8) is 0 Å². The Kier molecular flexibility index (Phi) is 4.63. The van der Waals surface area contributed by atoms with Crippen molar-refractivity contribution in [3.8, 4) is 0 Å². The van der Waals surface area contributed by atoms with E-state index in [1.54, 1.807) is 6.07 Å². The minimum absolute atomic E-state index is 0.0118. The van der Waals surface area contributed by atoms with E-state index < -0.39 is 15.9 Å². The lowest BCUT2D eigenvalue weighted by atomic mass is 10.2. The zero-order valence-corrected chi connectivity index (χ0v) is 13.0. The molecule has 1 atom stereocenters. The molecule has 5 nitrogen and oxygen atoms in total. The molecule has 21 heavy (non-hydrogen) atoms. The smallest absolute Gasteiger partial charge is 0.147 e. The average molecular weight is 313 g/mol. The molecule has 7 heteroatoms. The van der Waals surface area contributed by atoms with E-state index in [1.165, 1.54) is 18.4 Å². The number of hydrogen-bond acceptors (Lipinski definition) is 4. The molecule has 1 aromatic carbocycles. The van der Waals surface area contributed by atoms with Gasteiger partial charge in [-0.1, -0.05) is 6.92 Å². The summed E-state index contributed by atoms with van der Waals surface area (Å²) in [6.45, 7) is 2.74. The number of rotatable bonds is 6. The van der Waals surface area contributed by atoms with Gasteiger partial charge in [0, 0.05) is 18.9 Å². The fourth-order valence-electron chi connectivity index (χ4n) is 2.33. The van der Waals surface area contributed by atoms with Gasteiger partial charge in [-0.25, -0.2) is 17.8 Å². The summed E-state index contributed by atoms with van der Waals surface area (Å²) in [5, 5.41) is 0. The molecular formula is C14H20FN3O2S. The molecule has 0 spiro atoms. The van der Waals surface area contributed by atoms with Crippen LogP contribution in [0.4, 0.5) is 4.39 Å². The van der Waals surface area contributed by atoms with Crippen LogP contribution in [0, 0.1) is 5.82 Å². The first-order valence-corrected chi connectivity index (χ1v) is 8.97. The quantitative estimate of drug-likeness (QED) is 0.885. The molecule has 2 aromatic rings. The van der Waals surface area contributed by atoms with Gasteiger partial charge in [0.2, 0.25) is 0 Å². The number of benzene rings is 1. The molecule has 0 radical (unpaired) electrons. The highest BCUT2D eigenvalue weighted by Gasteiger charge is 2.18. The van der Waals surface area contributed by atoms with Gasteiger partial charge >= 0.3 is 0 Å². The van der Waals surface area contributed by atoms with E-state index in [-0.39, 0.29) is 11.6 Å². The van der Waals surface area contributed by atoms with E-state index in [1.807, 2.05) is 11.5 Å². The summed E-state index contributed by atoms with van der Waals surface area (Å²) in [4.78, 5) is 4.40. The van der Waals surface area contributed by atoms with Gasteiger partial charge in [0.05, 0.1) is 22.8 Å². The van der Waals surface area contributed by atoms with Gasteiger partial charge in [-0.3, -0.25) is 0 Å². The van der Waals surface area contributed by atoms with E-state index in [0.717, 1.165) is 11.9 Å². The Balaban J connectivity index is 2.39. The van der Waals surface area contributed by atoms with Crippen molar-refractivity contribution < 1.29 is 12.8 Å². The predicted octanol–water partition coefficient (Wildman–Crippen LogP) is 2.02. The molecule has 1 heterocycles. The molecule has 0 fully saturated rings. The lowest BCUT2D eigenvalue weighted by molar-refractivity contribution is 0.563. The Morgan fingerprint density at radius 3 is 2.76 bits per heavy atom. The van der Waals surface area contributed by atoms with Crippen molar-refractivity contribution >= 4 is 20.9 Å². The molecule has 0 saturated carbocycles. The molecule has 0 amide bonds. The number of aryl methyl sites for hydroxylation is 1. The van der Waals surface area contributed by atoms with Gasteiger partial charge in [-0.05, 0) is 25.0 Å². The van der Waals surface area contributed by atoms with Gasteiger partial charge in [0.1, 0.15) is 21.5 Å². The number of fused-ring (bicyclic) bond motifs is 1. The van der Waals surface area contributed by atoms with Crippen molar-refractivity contribution in [1.82, 2.24) is 9.55 Å². The number of sulfone groups is 1. The topological polar surface area (TPSA) is 78.0 Å². The minimum atomic E-state index is -3.07. The standard InChI is InChI=1S/C14H20FN3O2S/c1-3-7-18-13-5-4-10(15)9-12(13)17-14(18)11(16)6-8-21(2,19)20/h4-5,9,11H,3,6-8,16H2,1-2H3. The van der Waals surface area contributed by atoms with Crippen molar-refractivity contribution in [2.24, 2.45) is 5.73 Å². The van der Waals surface area contributed by atoms with Gasteiger partial charge in [0.25, 0.3) is 0 Å². The Morgan fingerprint density at radius 1 is 1.43 bits per heavy atom. The average Bonchev–Trinajstić information content (AvgIpc) is 2.74. The van der Waals surface area contributed by atoms with Crippen LogP contribution in [-0.2, 0) is 16.4 Å². The second kappa shape index (κ2) is 6.11. The van der Waals surface area contributed by atoms with Crippen molar-refractivity contribution in [3.05, 3.63) is 29.8 Å². The molecule has 0 bridgehead atoms. The third-order valence-corrected chi connectivity index (χ3v) is 4.30. The molecule has 2 rings (SSSR count). The van der Waals surface area contributed by atoms with Crippen LogP contribution in [0.1, 0.15) is 31.6 Å². The van der Waals surface area contributed by atoms with Gasteiger partial charge in [0.15, 0.2) is 0 Å². The third-order valence-electron chi connectivity index (χ3n) is 3.32. The summed E-state index contributed by atoms with van der Waals surface area (Å²) < 4.78 is 37.8. The van der Waals surface area contributed by atoms with Crippen LogP contribution < -0.4 is 5.73 Å². The summed E-state index contributed by atoms with van der Waals surface area (Å²) >= 11 is 0. The summed E-state index contributed by atoms with van der Waals surface area (Å²) in [5.41, 5.74) is 7.47. The maximum atomic E-state index is 13.3. The van der Waals surface area contributed by atoms with Crippen LogP contribution in [0.15, 0.2) is 18.2 Å². The molecular weight excluding hydrogens is 293 g/mol. The predicted molar refractivity (Wildman–Crippen MR) is 81.2 cm³/mol. The van der Waals surface area contributed by atoms with E-state index in [2.05, 4.69) is 4.98 Å². The zero-order chi connectivity index (χ0) is 15.6. The minimum Gasteiger partial charge on any atom is -0.327 e. The Bertz CT molecular complexity index is 740. The Morgan fingerprint density at radius 2 is 2.14 bits per heavy atom. The molecule has 1 aromatic heterocycles.